The van der Waals surface area contributed by atoms with Crippen LogP contribution in [0.1, 0.15) is 71.8 Å². The van der Waals surface area contributed by atoms with Gasteiger partial charge in [-0.3, -0.25) is 52.7 Å². The van der Waals surface area contributed by atoms with Gasteiger partial charge in [-0.2, -0.15) is 24.4 Å². The SMILES string of the molecule is CSCC[C@H](NC(=O)[C@H](C)NC(=O)[C@H](C)NC(=O)[C@@H](N)CS)C(=O)N[C@@H](CC(=O)O)C(=O)N[C@@H](CC(=O)O)C(=O)N[C@@H](Cc1ccccc1)C(=O)N[C@@H](CCC(N)=O)C(=O)N[C@H](C=O)CC(C)C. The van der Waals surface area contributed by atoms with Gasteiger partial charge in [0, 0.05) is 18.6 Å². The van der Waals surface area contributed by atoms with Gasteiger partial charge in [-0.05, 0) is 56.6 Å². The number of nitrogens with one attached hydrogen (secondary N) is 8. The van der Waals surface area contributed by atoms with E-state index in [1.54, 1.807) is 36.6 Å². The summed E-state index contributed by atoms with van der Waals surface area (Å²) in [5, 5.41) is 38.3. The Morgan fingerprint density at radius 3 is 1.51 bits per heavy atom. The summed E-state index contributed by atoms with van der Waals surface area (Å²) in [6.45, 7) is 6.24. The van der Waals surface area contributed by atoms with Crippen molar-refractivity contribution in [1.29, 1.82) is 0 Å². The molecule has 68 heavy (non-hydrogen) atoms. The molecule has 9 amide bonds. The molecule has 0 heterocycles. The second-order valence-corrected chi connectivity index (χ2v) is 17.5. The summed E-state index contributed by atoms with van der Waals surface area (Å²) in [4.78, 5) is 154. The number of aliphatic carboxylic acids is 2. The molecule has 14 N–H and O–H groups in total. The highest BCUT2D eigenvalue weighted by Crippen LogP contribution is 2.10. The first kappa shape index (κ1) is 59.7. The Hall–Kier alpha value is -6.28. The van der Waals surface area contributed by atoms with Gasteiger partial charge in [0.15, 0.2) is 0 Å². The van der Waals surface area contributed by atoms with Gasteiger partial charge in [-0.1, -0.05) is 44.2 Å². The molecular weight excluding hydrogens is 933 g/mol. The van der Waals surface area contributed by atoms with E-state index in [9.17, 15) is 67.7 Å². The summed E-state index contributed by atoms with van der Waals surface area (Å²) in [5.41, 5.74) is 11.4. The van der Waals surface area contributed by atoms with E-state index in [2.05, 4.69) is 55.2 Å². The first-order valence-electron chi connectivity index (χ1n) is 21.4. The fourth-order valence-corrected chi connectivity index (χ4v) is 6.72. The van der Waals surface area contributed by atoms with Crippen LogP contribution in [0.4, 0.5) is 0 Å². The molecule has 0 fully saturated rings. The zero-order valence-electron chi connectivity index (χ0n) is 38.4. The number of carboxylic acids is 2. The van der Waals surface area contributed by atoms with Gasteiger partial charge in [0.1, 0.15) is 48.6 Å². The van der Waals surface area contributed by atoms with Crippen LogP contribution in [0.2, 0.25) is 0 Å². The van der Waals surface area contributed by atoms with Crippen LogP contribution in [-0.4, -0.2) is 154 Å². The van der Waals surface area contributed by atoms with Crippen LogP contribution in [0.3, 0.4) is 0 Å². The molecule has 0 saturated heterocycles. The molecule has 1 rings (SSSR count). The number of amides is 9. The predicted molar refractivity (Wildman–Crippen MR) is 250 cm³/mol. The van der Waals surface area contributed by atoms with Gasteiger partial charge in [0.25, 0.3) is 0 Å². The summed E-state index contributed by atoms with van der Waals surface area (Å²) >= 11 is 5.20. The third-order valence-electron chi connectivity index (χ3n) is 9.75. The number of carbonyl (C=O) groups is 12. The molecule has 0 aromatic heterocycles. The van der Waals surface area contributed by atoms with Crippen molar-refractivity contribution >= 4 is 95.8 Å². The first-order valence-corrected chi connectivity index (χ1v) is 23.4. The lowest BCUT2D eigenvalue weighted by Gasteiger charge is -2.27. The fraction of sp³-hybridized carbons (Fsp3) is 0.571. The summed E-state index contributed by atoms with van der Waals surface area (Å²) in [5.74, 6) is -11.6. The molecule has 0 unspecified atom stereocenters. The van der Waals surface area contributed by atoms with Crippen molar-refractivity contribution in [2.24, 2.45) is 17.4 Å². The molecule has 0 radical (unpaired) electrons. The summed E-state index contributed by atoms with van der Waals surface area (Å²) in [6.07, 6.45) is -0.768. The maximum atomic E-state index is 13.9. The topological polar surface area (TPSA) is 394 Å². The van der Waals surface area contributed by atoms with Crippen LogP contribution < -0.4 is 54.0 Å². The van der Waals surface area contributed by atoms with Gasteiger partial charge < -0.3 is 69.0 Å². The largest absolute Gasteiger partial charge is 0.481 e. The molecule has 26 heteroatoms. The van der Waals surface area contributed by atoms with Gasteiger partial charge in [-0.25, -0.2) is 0 Å². The molecule has 1 aromatic rings. The van der Waals surface area contributed by atoms with Crippen molar-refractivity contribution in [3.05, 3.63) is 35.9 Å². The number of primary amides is 1. The third-order valence-corrected chi connectivity index (χ3v) is 10.8. The molecule has 0 saturated carbocycles. The molecule has 0 aliphatic carbocycles. The Bertz CT molecular complexity index is 1950. The number of carboxylic acid groups (broad SMARTS) is 2. The number of carbonyl (C=O) groups excluding carboxylic acids is 10. The average molecular weight is 997 g/mol. The lowest BCUT2D eigenvalue weighted by atomic mass is 10.0. The number of hydrogen-bond acceptors (Lipinski definition) is 15. The highest BCUT2D eigenvalue weighted by Gasteiger charge is 2.35. The van der Waals surface area contributed by atoms with E-state index < -0.39 is 132 Å². The van der Waals surface area contributed by atoms with E-state index in [-0.39, 0.29) is 49.5 Å². The summed E-state index contributed by atoms with van der Waals surface area (Å²) < 4.78 is 0. The van der Waals surface area contributed by atoms with Crippen LogP contribution in [0.25, 0.3) is 0 Å². The van der Waals surface area contributed by atoms with Crippen molar-refractivity contribution in [3.8, 4) is 0 Å². The Morgan fingerprint density at radius 1 is 0.618 bits per heavy atom. The average Bonchev–Trinajstić information content (AvgIpc) is 3.27. The predicted octanol–water partition coefficient (Wildman–Crippen LogP) is -3.38. The number of aldehydes is 1. The number of nitrogens with two attached hydrogens (primary N) is 2. The van der Waals surface area contributed by atoms with E-state index in [4.69, 9.17) is 11.5 Å². The third kappa shape index (κ3) is 23.0. The van der Waals surface area contributed by atoms with Crippen molar-refractivity contribution in [3.63, 3.8) is 0 Å². The van der Waals surface area contributed by atoms with E-state index >= 15 is 0 Å². The number of benzene rings is 1. The quantitative estimate of drug-likeness (QED) is 0.0247. The Labute approximate surface area is 402 Å². The monoisotopic (exact) mass is 996 g/mol. The van der Waals surface area contributed by atoms with Crippen LogP contribution in [-0.2, 0) is 64.0 Å². The molecule has 0 aliphatic heterocycles. The Balaban J connectivity index is 3.41. The number of hydrogen-bond donors (Lipinski definition) is 13. The van der Waals surface area contributed by atoms with Crippen molar-refractivity contribution < 1.29 is 67.7 Å². The molecule has 24 nitrogen and oxygen atoms in total. The van der Waals surface area contributed by atoms with Crippen LogP contribution in [0.5, 0.6) is 0 Å². The molecular formula is C42H64N10O14S2. The second-order valence-electron chi connectivity index (χ2n) is 16.1. The van der Waals surface area contributed by atoms with E-state index in [0.29, 0.717) is 11.8 Å². The minimum atomic E-state index is -2.00. The van der Waals surface area contributed by atoms with Gasteiger partial charge in [0.2, 0.25) is 53.2 Å². The van der Waals surface area contributed by atoms with Crippen molar-refractivity contribution in [1.82, 2.24) is 42.5 Å². The van der Waals surface area contributed by atoms with E-state index in [0.717, 1.165) is 0 Å². The minimum absolute atomic E-state index is 0.000858. The normalized spacial score (nSPS) is 14.9. The Kier molecular flexibility index (Phi) is 27.1. The molecule has 0 bridgehead atoms. The van der Waals surface area contributed by atoms with Crippen LogP contribution in [0, 0.1) is 5.92 Å². The lowest BCUT2D eigenvalue weighted by molar-refractivity contribution is -0.143. The Morgan fingerprint density at radius 2 is 1.04 bits per heavy atom. The van der Waals surface area contributed by atoms with Crippen molar-refractivity contribution in [2.75, 3.05) is 17.8 Å². The van der Waals surface area contributed by atoms with Gasteiger partial charge >= 0.3 is 11.9 Å². The maximum absolute atomic E-state index is 13.9. The standard InChI is InChI=1S/C42H64N10O14S2/c1-21(2)15-25(19-53)47-38(62)27(11-12-32(44)54)49-40(64)29(16-24-9-7-6-8-10-24)50-41(65)31(18-34(57)58)52-42(66)30(17-33(55)56)51-39(63)28(13-14-68-5)48-36(60)23(4)45-35(59)22(3)46-37(61)26(43)20-67/h6-10,19,21-23,25-31,67H,11-18,20,43H2,1-5H3,(H2,44,54)(H,45,59)(H,46,61)(H,47,62)(H,48,60)(H,49,64)(H,50,65)(H,51,63)(H,52,66)(H,55,56)(H,57,58)/t22-,23-,25-,26-,27-,28-,29-,30-,31-/m0/s1. The highest BCUT2D eigenvalue weighted by atomic mass is 32.2. The first-order chi connectivity index (χ1) is 31.9. The van der Waals surface area contributed by atoms with E-state index in [1.807, 2.05) is 13.8 Å². The maximum Gasteiger partial charge on any atom is 0.305 e. The molecule has 9 atom stereocenters. The zero-order chi connectivity index (χ0) is 51.7. The summed E-state index contributed by atoms with van der Waals surface area (Å²) in [6, 6.07) is -4.70. The molecule has 378 valence electrons. The second kappa shape index (κ2) is 30.9. The van der Waals surface area contributed by atoms with Crippen LogP contribution in [0.15, 0.2) is 30.3 Å². The lowest BCUT2D eigenvalue weighted by Crippen LogP contribution is -2.60. The fourth-order valence-electron chi connectivity index (χ4n) is 6.09. The van der Waals surface area contributed by atoms with Crippen molar-refractivity contribution in [2.45, 2.75) is 127 Å². The van der Waals surface area contributed by atoms with E-state index in [1.165, 1.54) is 25.6 Å². The number of thioether (sulfide) groups is 1. The number of rotatable bonds is 32. The summed E-state index contributed by atoms with van der Waals surface area (Å²) in [7, 11) is 0. The zero-order valence-corrected chi connectivity index (χ0v) is 40.1. The number of thiol groups is 1. The van der Waals surface area contributed by atoms with Gasteiger partial charge in [0.05, 0.1) is 24.9 Å². The molecule has 1 aromatic carbocycles. The molecule has 0 aliphatic rings. The highest BCUT2D eigenvalue weighted by molar-refractivity contribution is 7.98. The smallest absolute Gasteiger partial charge is 0.305 e. The van der Waals surface area contributed by atoms with Gasteiger partial charge in [-0.15, -0.1) is 0 Å². The van der Waals surface area contributed by atoms with Crippen LogP contribution >= 0.6 is 24.4 Å². The molecule has 0 spiro atoms. The minimum Gasteiger partial charge on any atom is -0.481 e.